The minimum absolute atomic E-state index is 0. The lowest BCUT2D eigenvalue weighted by molar-refractivity contribution is 0.776. The fourth-order valence-corrected chi connectivity index (χ4v) is 1.09. The zero-order chi connectivity index (χ0) is 9.94. The predicted molar refractivity (Wildman–Crippen MR) is 72.1 cm³/mol. The second-order valence-electron chi connectivity index (χ2n) is 2.69. The molecule has 0 amide bonds. The second kappa shape index (κ2) is 13.2. The van der Waals surface area contributed by atoms with Crippen molar-refractivity contribution < 1.29 is 0 Å². The second-order valence-corrected chi connectivity index (χ2v) is 3.51. The highest BCUT2D eigenvalue weighted by atomic mass is 35.5. The van der Waals surface area contributed by atoms with Crippen LogP contribution >= 0.6 is 36.7 Å². The molecule has 0 aliphatic rings. The number of halogens is 2. The number of unbranched alkanes of at least 4 members (excludes halogenated alkanes) is 2. The highest BCUT2D eigenvalue weighted by Gasteiger charge is 1.77. The molecule has 82 valence electrons. The molecule has 0 radical (unpaired) electrons. The Labute approximate surface area is 104 Å². The maximum Gasteiger partial charge on any atom is 0.0405 e. The van der Waals surface area contributed by atoms with Crippen molar-refractivity contribution in [3.63, 3.8) is 0 Å². The van der Waals surface area contributed by atoms with Gasteiger partial charge in [0.25, 0.3) is 0 Å². The van der Waals surface area contributed by atoms with Crippen molar-refractivity contribution in [2.45, 2.75) is 26.2 Å². The summed E-state index contributed by atoms with van der Waals surface area (Å²) in [6.45, 7) is 2.17. The number of hydrogen-bond acceptors (Lipinski definition) is 0. The Morgan fingerprint density at radius 1 is 1.07 bits per heavy atom. The molecule has 14 heavy (non-hydrogen) atoms. The van der Waals surface area contributed by atoms with E-state index in [9.17, 15) is 0 Å². The van der Waals surface area contributed by atoms with E-state index in [2.05, 4.69) is 6.92 Å². The summed E-state index contributed by atoms with van der Waals surface area (Å²) in [5, 5.41) is 0.794. The summed E-state index contributed by atoms with van der Waals surface area (Å²) in [7, 11) is 0. The molecule has 0 saturated carbocycles. The van der Waals surface area contributed by atoms with Crippen molar-refractivity contribution >= 4 is 36.7 Å². The molecule has 3 heteroatoms. The van der Waals surface area contributed by atoms with Crippen LogP contribution in [0.3, 0.4) is 0 Å². The van der Waals surface area contributed by atoms with Gasteiger partial charge in [0, 0.05) is 10.9 Å². The summed E-state index contributed by atoms with van der Waals surface area (Å²) in [4.78, 5) is 0. The van der Waals surface area contributed by atoms with E-state index in [-0.39, 0.29) is 13.5 Å². The van der Waals surface area contributed by atoms with Crippen LogP contribution in [0.4, 0.5) is 0 Å². The van der Waals surface area contributed by atoms with Crippen molar-refractivity contribution in [2.24, 2.45) is 0 Å². The maximum absolute atomic E-state index is 5.54. The average molecular weight is 253 g/mol. The first-order valence-electron chi connectivity index (χ1n) is 4.57. The molecule has 0 unspecified atom stereocenters. The highest BCUT2D eigenvalue weighted by molar-refractivity contribution is 7.59. The Bertz CT molecular complexity index is 186. The molecule has 1 aromatic rings. The quantitative estimate of drug-likeness (QED) is 0.532. The fraction of sp³-hybridized carbons (Fsp3) is 0.455. The minimum atomic E-state index is 0. The van der Waals surface area contributed by atoms with Crippen LogP contribution in [0.2, 0.25) is 5.02 Å². The fourth-order valence-electron chi connectivity index (χ4n) is 0.759. The first kappa shape index (κ1) is 16.6. The molecule has 0 spiro atoms. The number of hydrogen-bond donors (Lipinski definition) is 0. The van der Waals surface area contributed by atoms with Crippen LogP contribution < -0.4 is 0 Å². The largest absolute Gasteiger partial charge is 0.197 e. The highest BCUT2D eigenvalue weighted by Crippen LogP contribution is 2.03. The molecule has 0 aromatic heterocycles. The molecular weight excluding hydrogens is 235 g/mol. The Hall–Kier alpha value is 0.150. The lowest BCUT2D eigenvalue weighted by atomic mass is 10.3. The van der Waals surface area contributed by atoms with E-state index in [1.807, 2.05) is 30.3 Å². The molecule has 0 bridgehead atoms. The van der Waals surface area contributed by atoms with Crippen molar-refractivity contribution in [3.8, 4) is 0 Å². The van der Waals surface area contributed by atoms with Crippen LogP contribution in [0, 0.1) is 0 Å². The molecule has 0 atom stereocenters. The van der Waals surface area contributed by atoms with Crippen molar-refractivity contribution in [2.75, 3.05) is 5.88 Å². The Kier molecular flexibility index (Phi) is 15.6. The van der Waals surface area contributed by atoms with E-state index < -0.39 is 0 Å². The number of rotatable bonds is 3. The molecule has 1 aromatic carbocycles. The van der Waals surface area contributed by atoms with E-state index in [0.717, 1.165) is 10.9 Å². The Morgan fingerprint density at radius 2 is 1.64 bits per heavy atom. The summed E-state index contributed by atoms with van der Waals surface area (Å²) in [6.07, 6.45) is 3.73. The van der Waals surface area contributed by atoms with Crippen LogP contribution in [0.15, 0.2) is 30.3 Å². The number of benzene rings is 1. The van der Waals surface area contributed by atoms with Gasteiger partial charge >= 0.3 is 0 Å². The molecule has 0 N–H and O–H groups in total. The van der Waals surface area contributed by atoms with E-state index >= 15 is 0 Å². The van der Waals surface area contributed by atoms with Crippen LogP contribution in [0.25, 0.3) is 0 Å². The van der Waals surface area contributed by atoms with Gasteiger partial charge in [0.05, 0.1) is 0 Å². The molecule has 0 aliphatic heterocycles. The molecule has 0 heterocycles. The van der Waals surface area contributed by atoms with Gasteiger partial charge < -0.3 is 0 Å². The molecule has 1 rings (SSSR count). The summed E-state index contributed by atoms with van der Waals surface area (Å²) >= 11 is 10.9. The van der Waals surface area contributed by atoms with Crippen LogP contribution in [-0.4, -0.2) is 5.88 Å². The molecule has 0 aliphatic carbocycles. The number of alkyl halides is 1. The summed E-state index contributed by atoms with van der Waals surface area (Å²) in [5.41, 5.74) is 0. The molecule has 0 saturated heterocycles. The molecule has 0 nitrogen and oxygen atoms in total. The normalized spacial score (nSPS) is 8.21. The Morgan fingerprint density at radius 3 is 1.86 bits per heavy atom. The van der Waals surface area contributed by atoms with Crippen molar-refractivity contribution in [3.05, 3.63) is 35.4 Å². The zero-order valence-electron chi connectivity index (χ0n) is 8.47. The van der Waals surface area contributed by atoms with Gasteiger partial charge in [-0.3, -0.25) is 0 Å². The summed E-state index contributed by atoms with van der Waals surface area (Å²) in [6, 6.07) is 9.44. The van der Waals surface area contributed by atoms with Gasteiger partial charge in [0.2, 0.25) is 0 Å². The Balaban J connectivity index is 0. The lowest BCUT2D eigenvalue weighted by Gasteiger charge is -1.84. The van der Waals surface area contributed by atoms with Gasteiger partial charge in [-0.1, -0.05) is 49.6 Å². The van der Waals surface area contributed by atoms with Gasteiger partial charge in [-0.2, -0.15) is 13.5 Å². The predicted octanol–water partition coefficient (Wildman–Crippen LogP) is 4.87. The monoisotopic (exact) mass is 252 g/mol. The smallest absolute Gasteiger partial charge is 0.0405 e. The maximum atomic E-state index is 5.54. The third-order valence-corrected chi connectivity index (χ3v) is 1.99. The van der Waals surface area contributed by atoms with Gasteiger partial charge in [-0.15, -0.1) is 11.6 Å². The van der Waals surface area contributed by atoms with E-state index in [1.54, 1.807) is 0 Å². The first-order valence-corrected chi connectivity index (χ1v) is 5.49. The molecule has 0 fully saturated rings. The average Bonchev–Trinajstić information content (AvgIpc) is 2.17. The first-order chi connectivity index (χ1) is 6.31. The van der Waals surface area contributed by atoms with Crippen molar-refractivity contribution in [1.29, 1.82) is 0 Å². The van der Waals surface area contributed by atoms with Crippen molar-refractivity contribution in [1.82, 2.24) is 0 Å². The standard InChI is InChI=1S/C6H5Cl.C5H11Cl.H2S/c7-6-4-2-1-3-5-6;1-2-3-4-5-6;/h1-5H;2-5H2,1H3;1H2. The minimum Gasteiger partial charge on any atom is -0.197 e. The lowest BCUT2D eigenvalue weighted by Crippen LogP contribution is -1.70. The van der Waals surface area contributed by atoms with E-state index in [4.69, 9.17) is 23.2 Å². The summed E-state index contributed by atoms with van der Waals surface area (Å²) < 4.78 is 0. The third kappa shape index (κ3) is 12.2. The van der Waals surface area contributed by atoms with Crippen LogP contribution in [0.5, 0.6) is 0 Å². The van der Waals surface area contributed by atoms with E-state index in [1.165, 1.54) is 19.3 Å². The van der Waals surface area contributed by atoms with Crippen LogP contribution in [-0.2, 0) is 0 Å². The van der Waals surface area contributed by atoms with Gasteiger partial charge in [-0.25, -0.2) is 0 Å². The summed E-state index contributed by atoms with van der Waals surface area (Å²) in [5.74, 6) is 0.827. The third-order valence-electron chi connectivity index (χ3n) is 1.47. The van der Waals surface area contributed by atoms with Gasteiger partial charge in [0.1, 0.15) is 0 Å². The van der Waals surface area contributed by atoms with E-state index in [0.29, 0.717) is 0 Å². The SMILES string of the molecule is CCCCCCl.Clc1ccccc1.S. The van der Waals surface area contributed by atoms with Crippen LogP contribution in [0.1, 0.15) is 26.2 Å². The zero-order valence-corrected chi connectivity index (χ0v) is 11.0. The molecular formula is C11H18Cl2S. The van der Waals surface area contributed by atoms with Gasteiger partial charge in [-0.05, 0) is 18.6 Å². The topological polar surface area (TPSA) is 0 Å². The van der Waals surface area contributed by atoms with Gasteiger partial charge in [0.15, 0.2) is 0 Å².